The fourth-order valence-corrected chi connectivity index (χ4v) is 1.44. The Hall–Kier alpha value is -1.09. The Morgan fingerprint density at radius 3 is 3.15 bits per heavy atom. The van der Waals surface area contributed by atoms with Crippen molar-refractivity contribution in [1.82, 2.24) is 15.0 Å². The van der Waals surface area contributed by atoms with Crippen LogP contribution in [0.5, 0.6) is 0 Å². The Bertz CT molecular complexity index is 422. The van der Waals surface area contributed by atoms with E-state index in [9.17, 15) is 0 Å². The average molecular weight is 196 g/mol. The van der Waals surface area contributed by atoms with Gasteiger partial charge in [-0.2, -0.15) is 0 Å². The predicted octanol–water partition coefficient (Wildman–Crippen LogP) is 2.05. The van der Waals surface area contributed by atoms with E-state index in [1.165, 1.54) is 0 Å². The molecule has 0 aliphatic heterocycles. The van der Waals surface area contributed by atoms with E-state index in [1.807, 2.05) is 19.2 Å². The lowest BCUT2D eigenvalue weighted by molar-refractivity contribution is 1.00. The van der Waals surface area contributed by atoms with E-state index in [0.29, 0.717) is 5.88 Å². The lowest BCUT2D eigenvalue weighted by Gasteiger charge is -1.88. The molecule has 1 N–H and O–H groups in total. The molecule has 3 nitrogen and oxygen atoms in total. The highest BCUT2D eigenvalue weighted by atomic mass is 35.5. The number of aryl methyl sites for hydroxylation is 2. The summed E-state index contributed by atoms with van der Waals surface area (Å²) in [6, 6.07) is 2.03. The molecule has 0 radical (unpaired) electrons. The van der Waals surface area contributed by atoms with Gasteiger partial charge in [-0.1, -0.05) is 0 Å². The van der Waals surface area contributed by atoms with E-state index in [-0.39, 0.29) is 0 Å². The number of halogens is 1. The highest BCUT2D eigenvalue weighted by molar-refractivity contribution is 6.17. The predicted molar refractivity (Wildman–Crippen MR) is 53.0 cm³/mol. The Morgan fingerprint density at radius 2 is 2.38 bits per heavy atom. The van der Waals surface area contributed by atoms with Crippen LogP contribution in [0.4, 0.5) is 0 Å². The first kappa shape index (κ1) is 8.51. The van der Waals surface area contributed by atoms with E-state index >= 15 is 0 Å². The second kappa shape index (κ2) is 3.34. The van der Waals surface area contributed by atoms with Crippen molar-refractivity contribution in [3.63, 3.8) is 0 Å². The molecule has 0 amide bonds. The van der Waals surface area contributed by atoms with Crippen LogP contribution in [-0.2, 0) is 6.42 Å². The molecular formula is C9H10ClN3. The molecule has 0 fully saturated rings. The number of nitrogens with zero attached hydrogens (tertiary/aromatic N) is 2. The molecule has 0 aliphatic rings. The first-order valence-corrected chi connectivity index (χ1v) is 4.70. The summed E-state index contributed by atoms with van der Waals surface area (Å²) < 4.78 is 0. The normalized spacial score (nSPS) is 10.9. The van der Waals surface area contributed by atoms with Crippen LogP contribution in [0.25, 0.3) is 11.2 Å². The van der Waals surface area contributed by atoms with Crippen LogP contribution in [0.15, 0.2) is 12.3 Å². The fourth-order valence-electron chi connectivity index (χ4n) is 1.26. The Labute approximate surface area is 81.2 Å². The summed E-state index contributed by atoms with van der Waals surface area (Å²) >= 11 is 5.61. The molecule has 0 aromatic carbocycles. The summed E-state index contributed by atoms with van der Waals surface area (Å²) in [5.74, 6) is 1.49. The van der Waals surface area contributed by atoms with Crippen molar-refractivity contribution in [3.8, 4) is 0 Å². The Morgan fingerprint density at radius 1 is 1.54 bits per heavy atom. The van der Waals surface area contributed by atoms with Crippen molar-refractivity contribution < 1.29 is 0 Å². The van der Waals surface area contributed by atoms with Crippen LogP contribution in [-0.4, -0.2) is 20.8 Å². The molecule has 4 heteroatoms. The monoisotopic (exact) mass is 195 g/mol. The standard InChI is InChI=1S/C9H10ClN3/c1-6-4-7-9(11-5-6)13-8(12-7)2-3-10/h4-5H,2-3H2,1H3,(H,11,12,13). The van der Waals surface area contributed by atoms with Crippen molar-refractivity contribution in [2.45, 2.75) is 13.3 Å². The van der Waals surface area contributed by atoms with Gasteiger partial charge in [0.1, 0.15) is 5.82 Å². The zero-order chi connectivity index (χ0) is 9.26. The number of aromatic nitrogens is 3. The van der Waals surface area contributed by atoms with Gasteiger partial charge in [-0.15, -0.1) is 11.6 Å². The molecule has 2 aromatic rings. The smallest absolute Gasteiger partial charge is 0.177 e. The largest absolute Gasteiger partial charge is 0.341 e. The van der Waals surface area contributed by atoms with Gasteiger partial charge in [0, 0.05) is 18.5 Å². The minimum Gasteiger partial charge on any atom is -0.341 e. The van der Waals surface area contributed by atoms with Gasteiger partial charge in [-0.3, -0.25) is 0 Å². The van der Waals surface area contributed by atoms with Gasteiger partial charge in [0.05, 0.1) is 5.52 Å². The molecule has 13 heavy (non-hydrogen) atoms. The second-order valence-electron chi connectivity index (χ2n) is 3.01. The van der Waals surface area contributed by atoms with E-state index < -0.39 is 0 Å². The third kappa shape index (κ3) is 1.65. The third-order valence-electron chi connectivity index (χ3n) is 1.85. The molecule has 2 heterocycles. The number of hydrogen-bond acceptors (Lipinski definition) is 2. The number of aromatic amines is 1. The van der Waals surface area contributed by atoms with Crippen LogP contribution >= 0.6 is 11.6 Å². The minimum absolute atomic E-state index is 0.582. The molecule has 68 valence electrons. The Kier molecular flexibility index (Phi) is 2.19. The molecule has 0 aliphatic carbocycles. The van der Waals surface area contributed by atoms with Crippen molar-refractivity contribution >= 4 is 22.8 Å². The van der Waals surface area contributed by atoms with E-state index in [4.69, 9.17) is 11.6 Å². The van der Waals surface area contributed by atoms with E-state index in [1.54, 1.807) is 0 Å². The first-order valence-electron chi connectivity index (χ1n) is 4.17. The van der Waals surface area contributed by atoms with Gasteiger partial charge in [0.2, 0.25) is 0 Å². The summed E-state index contributed by atoms with van der Waals surface area (Å²) in [6.07, 6.45) is 2.57. The molecular weight excluding hydrogens is 186 g/mol. The number of fused-ring (bicyclic) bond motifs is 1. The van der Waals surface area contributed by atoms with E-state index in [2.05, 4.69) is 15.0 Å². The summed E-state index contributed by atoms with van der Waals surface area (Å²) in [4.78, 5) is 11.7. The second-order valence-corrected chi connectivity index (χ2v) is 3.38. The van der Waals surface area contributed by atoms with Crippen LogP contribution in [0.3, 0.4) is 0 Å². The zero-order valence-electron chi connectivity index (χ0n) is 7.34. The molecule has 0 saturated heterocycles. The maximum absolute atomic E-state index is 5.61. The van der Waals surface area contributed by atoms with Crippen molar-refractivity contribution in [1.29, 1.82) is 0 Å². The Balaban J connectivity index is 2.49. The van der Waals surface area contributed by atoms with Gasteiger partial charge < -0.3 is 4.98 Å². The van der Waals surface area contributed by atoms with E-state index in [0.717, 1.165) is 29.0 Å². The summed E-state index contributed by atoms with van der Waals surface area (Å²) in [7, 11) is 0. The minimum atomic E-state index is 0.582. The van der Waals surface area contributed by atoms with Crippen LogP contribution in [0.1, 0.15) is 11.4 Å². The highest BCUT2D eigenvalue weighted by Gasteiger charge is 2.02. The topological polar surface area (TPSA) is 41.6 Å². The summed E-state index contributed by atoms with van der Waals surface area (Å²) in [6.45, 7) is 2.01. The molecule has 0 unspecified atom stereocenters. The highest BCUT2D eigenvalue weighted by Crippen LogP contribution is 2.10. The van der Waals surface area contributed by atoms with Gasteiger partial charge in [0.15, 0.2) is 5.65 Å². The number of rotatable bonds is 2. The van der Waals surface area contributed by atoms with Crippen molar-refractivity contribution in [3.05, 3.63) is 23.7 Å². The lowest BCUT2D eigenvalue weighted by Crippen LogP contribution is -1.87. The number of nitrogens with one attached hydrogen (secondary N) is 1. The number of hydrogen-bond donors (Lipinski definition) is 1. The quantitative estimate of drug-likeness (QED) is 0.746. The SMILES string of the molecule is Cc1cnc2nc(CCCl)[nH]c2c1. The lowest BCUT2D eigenvalue weighted by atomic mass is 10.3. The number of imidazole rings is 1. The molecule has 2 aromatic heterocycles. The molecule has 0 atom stereocenters. The zero-order valence-corrected chi connectivity index (χ0v) is 8.10. The molecule has 0 spiro atoms. The first-order chi connectivity index (χ1) is 6.29. The number of H-pyrrole nitrogens is 1. The van der Waals surface area contributed by atoms with Crippen LogP contribution in [0, 0.1) is 6.92 Å². The van der Waals surface area contributed by atoms with Gasteiger partial charge in [-0.25, -0.2) is 9.97 Å². The van der Waals surface area contributed by atoms with Crippen molar-refractivity contribution in [2.75, 3.05) is 5.88 Å². The molecule has 2 rings (SSSR count). The van der Waals surface area contributed by atoms with Crippen LogP contribution in [0.2, 0.25) is 0 Å². The average Bonchev–Trinajstić information content (AvgIpc) is 2.46. The van der Waals surface area contributed by atoms with Crippen LogP contribution < -0.4 is 0 Å². The van der Waals surface area contributed by atoms with Gasteiger partial charge >= 0.3 is 0 Å². The number of pyridine rings is 1. The molecule has 0 saturated carbocycles. The summed E-state index contributed by atoms with van der Waals surface area (Å²) in [5.41, 5.74) is 2.89. The van der Waals surface area contributed by atoms with Gasteiger partial charge in [0.25, 0.3) is 0 Å². The van der Waals surface area contributed by atoms with Gasteiger partial charge in [-0.05, 0) is 18.6 Å². The summed E-state index contributed by atoms with van der Waals surface area (Å²) in [5, 5.41) is 0. The third-order valence-corrected chi connectivity index (χ3v) is 2.04. The van der Waals surface area contributed by atoms with Crippen molar-refractivity contribution in [2.24, 2.45) is 0 Å². The maximum atomic E-state index is 5.61. The molecule has 0 bridgehead atoms. The fraction of sp³-hybridized carbons (Fsp3) is 0.333. The number of alkyl halides is 1. The maximum Gasteiger partial charge on any atom is 0.177 e.